The Morgan fingerprint density at radius 3 is 1.23 bits per heavy atom. The maximum atomic E-state index is 13.2. The number of hydrogen-bond acceptors (Lipinski definition) is 11. The van der Waals surface area contributed by atoms with E-state index in [-0.39, 0.29) is 25.9 Å². The lowest BCUT2D eigenvalue weighted by molar-refractivity contribution is -0.301. The van der Waals surface area contributed by atoms with Crippen molar-refractivity contribution in [2.24, 2.45) is 0 Å². The number of unbranched alkanes of at least 4 members (excludes halogenated alkanes) is 24. The molecule has 0 aromatic heterocycles. The van der Waals surface area contributed by atoms with Crippen LogP contribution in [0.4, 0.5) is 0 Å². The summed E-state index contributed by atoms with van der Waals surface area (Å²) >= 11 is 0. The summed E-state index contributed by atoms with van der Waals surface area (Å²) in [7, 11) is 0. The molecule has 1 heterocycles. The number of aliphatic carboxylic acids is 1. The highest BCUT2D eigenvalue weighted by atomic mass is 16.7. The van der Waals surface area contributed by atoms with Gasteiger partial charge in [-0.1, -0.05) is 234 Å². The Kier molecular flexibility index (Phi) is 51.7. The summed E-state index contributed by atoms with van der Waals surface area (Å²) in [6.45, 7) is 5.85. The minimum atomic E-state index is -1.93. The second-order valence-corrected chi connectivity index (χ2v) is 21.7. The Labute approximate surface area is 492 Å². The fourth-order valence-corrected chi connectivity index (χ4v) is 9.21. The Balaban J connectivity index is 2.72. The molecule has 0 amide bonds. The number of carboxylic acids is 1. The molecule has 3 N–H and O–H groups in total. The topological polar surface area (TPSA) is 175 Å². The molecule has 0 aliphatic carbocycles. The van der Waals surface area contributed by atoms with Gasteiger partial charge in [-0.25, -0.2) is 4.79 Å². The number of rotatable bonds is 54. The summed E-state index contributed by atoms with van der Waals surface area (Å²) in [5.41, 5.74) is 0. The number of carbonyl (C=O) groups excluding carboxylic acids is 3. The Bertz CT molecular complexity index is 1780. The van der Waals surface area contributed by atoms with Crippen LogP contribution in [0.1, 0.15) is 265 Å². The van der Waals surface area contributed by atoms with Gasteiger partial charge in [-0.05, 0) is 109 Å². The lowest BCUT2D eigenvalue weighted by Crippen LogP contribution is -2.61. The van der Waals surface area contributed by atoms with Gasteiger partial charge in [0, 0.05) is 19.3 Å². The number of allylic oxidation sites excluding steroid dienone is 16. The Morgan fingerprint density at radius 2 is 0.802 bits per heavy atom. The number of carbonyl (C=O) groups is 4. The van der Waals surface area contributed by atoms with Gasteiger partial charge in [-0.3, -0.25) is 14.4 Å². The maximum Gasteiger partial charge on any atom is 0.335 e. The van der Waals surface area contributed by atoms with Crippen molar-refractivity contribution < 1.29 is 58.2 Å². The molecule has 0 saturated carbocycles. The van der Waals surface area contributed by atoms with E-state index in [1.54, 1.807) is 0 Å². The first-order chi connectivity index (χ1) is 39.6. The van der Waals surface area contributed by atoms with Gasteiger partial charge in [-0.15, -0.1) is 0 Å². The average molecular weight is 1140 g/mol. The number of ether oxygens (including phenoxy) is 5. The SMILES string of the molecule is CC/C=C\C/C=C\C/C=C\C/C=C\C/C=C\C/C=C\CCC(=O)OC1C(OCC(COC(=O)CCCCCCCCC/C=C\CCCCCCCC)OC(=O)CCCCCCC/C=C\CCCCCCCC)OC(C(=O)O)C(O)C1O. The third-order valence-electron chi connectivity index (χ3n) is 14.1. The third-order valence-corrected chi connectivity index (χ3v) is 14.1. The summed E-state index contributed by atoms with van der Waals surface area (Å²) in [6, 6.07) is 0. The van der Waals surface area contributed by atoms with E-state index in [9.17, 15) is 34.5 Å². The summed E-state index contributed by atoms with van der Waals surface area (Å²) in [4.78, 5) is 51.3. The summed E-state index contributed by atoms with van der Waals surface area (Å²) in [5.74, 6) is -3.24. The molecule has 0 bridgehead atoms. The molecular formula is C69H114O12. The van der Waals surface area contributed by atoms with Crippen molar-refractivity contribution in [3.8, 4) is 0 Å². The van der Waals surface area contributed by atoms with Gasteiger partial charge >= 0.3 is 23.9 Å². The number of carboxylic acid groups (broad SMARTS) is 1. The molecule has 6 atom stereocenters. The van der Waals surface area contributed by atoms with Crippen molar-refractivity contribution in [1.29, 1.82) is 0 Å². The first-order valence-electron chi connectivity index (χ1n) is 32.2. The highest BCUT2D eigenvalue weighted by molar-refractivity contribution is 5.74. The van der Waals surface area contributed by atoms with Crippen LogP contribution in [-0.2, 0) is 42.9 Å². The van der Waals surface area contributed by atoms with E-state index in [0.29, 0.717) is 25.7 Å². The number of esters is 3. The monoisotopic (exact) mass is 1130 g/mol. The molecule has 1 saturated heterocycles. The van der Waals surface area contributed by atoms with Crippen molar-refractivity contribution in [3.63, 3.8) is 0 Å². The summed E-state index contributed by atoms with van der Waals surface area (Å²) in [6.07, 6.45) is 62.3. The zero-order valence-electron chi connectivity index (χ0n) is 51.0. The predicted molar refractivity (Wildman–Crippen MR) is 331 cm³/mol. The third kappa shape index (κ3) is 45.8. The fraction of sp³-hybridized carbons (Fsp3) is 0.710. The van der Waals surface area contributed by atoms with E-state index in [4.69, 9.17) is 23.7 Å². The summed E-state index contributed by atoms with van der Waals surface area (Å²) < 4.78 is 28.4. The van der Waals surface area contributed by atoms with Gasteiger partial charge in [0.05, 0.1) is 6.61 Å². The van der Waals surface area contributed by atoms with E-state index in [1.165, 1.54) is 96.3 Å². The van der Waals surface area contributed by atoms with Crippen LogP contribution in [-0.4, -0.2) is 89.2 Å². The largest absolute Gasteiger partial charge is 0.479 e. The molecule has 81 heavy (non-hydrogen) atoms. The molecule has 0 aromatic rings. The van der Waals surface area contributed by atoms with Crippen LogP contribution in [0.5, 0.6) is 0 Å². The molecule has 0 radical (unpaired) electrons. The van der Waals surface area contributed by atoms with Gasteiger partial charge in [0.1, 0.15) is 18.8 Å². The lowest BCUT2D eigenvalue weighted by Gasteiger charge is -2.40. The molecule has 1 rings (SSSR count). The minimum Gasteiger partial charge on any atom is -0.479 e. The highest BCUT2D eigenvalue weighted by Gasteiger charge is 2.50. The van der Waals surface area contributed by atoms with Crippen molar-refractivity contribution in [2.75, 3.05) is 13.2 Å². The van der Waals surface area contributed by atoms with Gasteiger partial charge < -0.3 is 39.0 Å². The smallest absolute Gasteiger partial charge is 0.335 e. The first-order valence-corrected chi connectivity index (χ1v) is 32.2. The van der Waals surface area contributed by atoms with Gasteiger partial charge in [0.2, 0.25) is 0 Å². The van der Waals surface area contributed by atoms with Crippen LogP contribution >= 0.6 is 0 Å². The number of aliphatic hydroxyl groups excluding tert-OH is 2. The molecule has 462 valence electrons. The average Bonchev–Trinajstić information content (AvgIpc) is 3.54. The molecule has 0 aromatic carbocycles. The minimum absolute atomic E-state index is 0.0691. The molecule has 0 spiro atoms. The quantitative estimate of drug-likeness (QED) is 0.0228. The highest BCUT2D eigenvalue weighted by Crippen LogP contribution is 2.26. The molecule has 1 aliphatic rings. The molecule has 1 aliphatic heterocycles. The zero-order chi connectivity index (χ0) is 58.9. The molecule has 12 nitrogen and oxygen atoms in total. The van der Waals surface area contributed by atoms with Gasteiger partial charge in [0.15, 0.2) is 24.6 Å². The number of hydrogen-bond donors (Lipinski definition) is 3. The van der Waals surface area contributed by atoms with Crippen molar-refractivity contribution >= 4 is 23.9 Å². The van der Waals surface area contributed by atoms with Gasteiger partial charge in [-0.2, -0.15) is 0 Å². The van der Waals surface area contributed by atoms with Crippen LogP contribution in [0.2, 0.25) is 0 Å². The Hall–Kier alpha value is -4.36. The summed E-state index contributed by atoms with van der Waals surface area (Å²) in [5, 5.41) is 31.5. The van der Waals surface area contributed by atoms with E-state index in [1.807, 2.05) is 18.2 Å². The predicted octanol–water partition coefficient (Wildman–Crippen LogP) is 17.2. The molecule has 1 fully saturated rings. The van der Waals surface area contributed by atoms with Crippen LogP contribution in [0.25, 0.3) is 0 Å². The fourth-order valence-electron chi connectivity index (χ4n) is 9.21. The van der Waals surface area contributed by atoms with Crippen molar-refractivity contribution in [1.82, 2.24) is 0 Å². The lowest BCUT2D eigenvalue weighted by atomic mass is 9.98. The maximum absolute atomic E-state index is 13.2. The van der Waals surface area contributed by atoms with E-state index in [2.05, 4.69) is 99.8 Å². The molecule has 6 unspecified atom stereocenters. The van der Waals surface area contributed by atoms with Crippen LogP contribution in [0.15, 0.2) is 97.2 Å². The van der Waals surface area contributed by atoms with Crippen molar-refractivity contribution in [2.45, 2.75) is 302 Å². The van der Waals surface area contributed by atoms with Crippen LogP contribution in [0, 0.1) is 0 Å². The molecular weight excluding hydrogens is 1020 g/mol. The van der Waals surface area contributed by atoms with Crippen LogP contribution < -0.4 is 0 Å². The van der Waals surface area contributed by atoms with E-state index >= 15 is 0 Å². The molecule has 12 heteroatoms. The Morgan fingerprint density at radius 1 is 0.420 bits per heavy atom. The van der Waals surface area contributed by atoms with E-state index in [0.717, 1.165) is 103 Å². The second-order valence-electron chi connectivity index (χ2n) is 21.7. The van der Waals surface area contributed by atoms with Crippen molar-refractivity contribution in [3.05, 3.63) is 97.2 Å². The normalized spacial score (nSPS) is 18.4. The van der Waals surface area contributed by atoms with Gasteiger partial charge in [0.25, 0.3) is 0 Å². The van der Waals surface area contributed by atoms with Crippen LogP contribution in [0.3, 0.4) is 0 Å². The number of aliphatic hydroxyl groups is 2. The zero-order valence-corrected chi connectivity index (χ0v) is 51.0. The van der Waals surface area contributed by atoms with E-state index < -0.39 is 67.3 Å². The standard InChI is InChI=1S/C69H114O12/c1-4-7-10-13-16-19-22-25-28-30-31-33-36-39-42-45-48-51-54-57-63(72)80-67-65(74)64(73)66(68(75)76)81-69(67)78-59-60(79-62(71)56-53-50-47-44-41-38-34-27-24-21-18-15-12-9-6-3)58-77-61(70)55-52-49-46-43-40-37-35-32-29-26-23-20-17-14-11-8-5-2/h7,10,16,19,25-29,31,33-34,39,42,48,51,60,64-67,69,73-74H,4-6,8-9,11-15,17-18,20-24,30,32,35-38,40-41,43-47,49-50,52-59H2,1-3H3,(H,75,76)/b10-7-,19-16-,28-25-,29-26-,33-31-,34-27-,42-39-,51-48-. The second kappa shape index (κ2) is 56.1. The first kappa shape index (κ1) is 74.7.